The van der Waals surface area contributed by atoms with Gasteiger partial charge >= 0.3 is 0 Å². The van der Waals surface area contributed by atoms with Crippen LogP contribution in [0.4, 0.5) is 5.82 Å². The summed E-state index contributed by atoms with van der Waals surface area (Å²) in [5, 5.41) is 12.6. The number of aromatic nitrogens is 4. The SMILES string of the molecule is COc1cccc(CN2CCN(C(=O)CCC(C(C)=Nc3ccc4nnc(C)n4n3)=C(C)N)CC2)c1. The van der Waals surface area contributed by atoms with E-state index >= 15 is 0 Å². The Balaban J connectivity index is 1.32. The van der Waals surface area contributed by atoms with Crippen LogP contribution in [0.1, 0.15) is 38.1 Å². The third-order valence-electron chi connectivity index (χ3n) is 6.45. The third-order valence-corrected chi connectivity index (χ3v) is 6.45. The Labute approximate surface area is 211 Å². The van der Waals surface area contributed by atoms with Gasteiger partial charge in [-0.3, -0.25) is 9.69 Å². The van der Waals surface area contributed by atoms with Crippen LogP contribution in [-0.4, -0.2) is 74.5 Å². The van der Waals surface area contributed by atoms with E-state index in [4.69, 9.17) is 10.5 Å². The van der Waals surface area contributed by atoms with E-state index in [-0.39, 0.29) is 5.91 Å². The van der Waals surface area contributed by atoms with Crippen LogP contribution < -0.4 is 10.5 Å². The molecule has 0 spiro atoms. The van der Waals surface area contributed by atoms with Crippen LogP contribution in [-0.2, 0) is 11.3 Å². The van der Waals surface area contributed by atoms with E-state index < -0.39 is 0 Å². The Morgan fingerprint density at radius 1 is 1.08 bits per heavy atom. The van der Waals surface area contributed by atoms with Crippen molar-refractivity contribution in [3.05, 3.63) is 59.1 Å². The van der Waals surface area contributed by atoms with Crippen LogP contribution >= 0.6 is 0 Å². The average Bonchev–Trinajstić information content (AvgIpc) is 3.24. The minimum absolute atomic E-state index is 0.141. The lowest BCUT2D eigenvalue weighted by Gasteiger charge is -2.35. The summed E-state index contributed by atoms with van der Waals surface area (Å²) in [7, 11) is 1.68. The Bertz CT molecular complexity index is 1280. The van der Waals surface area contributed by atoms with Crippen LogP contribution in [0.15, 0.2) is 52.7 Å². The van der Waals surface area contributed by atoms with Crippen molar-refractivity contribution in [1.29, 1.82) is 0 Å². The summed E-state index contributed by atoms with van der Waals surface area (Å²) >= 11 is 0. The zero-order valence-electron chi connectivity index (χ0n) is 21.4. The number of nitrogens with zero attached hydrogens (tertiary/aromatic N) is 7. The van der Waals surface area contributed by atoms with Crippen LogP contribution in [0.5, 0.6) is 5.75 Å². The normalized spacial score (nSPS) is 15.8. The van der Waals surface area contributed by atoms with E-state index in [1.807, 2.05) is 43.9 Å². The highest BCUT2D eigenvalue weighted by Crippen LogP contribution is 2.19. The van der Waals surface area contributed by atoms with Gasteiger partial charge in [-0.1, -0.05) is 12.1 Å². The molecular formula is C26H34N8O2. The van der Waals surface area contributed by atoms with Crippen molar-refractivity contribution in [2.75, 3.05) is 33.3 Å². The molecule has 4 rings (SSSR count). The van der Waals surface area contributed by atoms with Gasteiger partial charge in [0, 0.05) is 50.6 Å². The molecule has 2 N–H and O–H groups in total. The maximum absolute atomic E-state index is 13.0. The summed E-state index contributed by atoms with van der Waals surface area (Å²) in [6, 6.07) is 11.8. The first-order valence-electron chi connectivity index (χ1n) is 12.2. The molecule has 1 saturated heterocycles. The molecule has 190 valence electrons. The van der Waals surface area contributed by atoms with Gasteiger partial charge in [-0.15, -0.1) is 15.3 Å². The van der Waals surface area contributed by atoms with Gasteiger partial charge in [0.1, 0.15) is 5.75 Å². The molecule has 1 aliphatic heterocycles. The van der Waals surface area contributed by atoms with Crippen molar-refractivity contribution in [2.24, 2.45) is 10.7 Å². The number of aryl methyl sites for hydroxylation is 1. The summed E-state index contributed by atoms with van der Waals surface area (Å²) in [5.41, 5.74) is 10.4. The van der Waals surface area contributed by atoms with E-state index in [1.54, 1.807) is 17.7 Å². The summed E-state index contributed by atoms with van der Waals surface area (Å²) in [5.74, 6) is 2.24. The average molecular weight is 491 g/mol. The summed E-state index contributed by atoms with van der Waals surface area (Å²) in [4.78, 5) is 21.9. The van der Waals surface area contributed by atoms with E-state index in [9.17, 15) is 4.79 Å². The molecule has 1 aliphatic rings. The smallest absolute Gasteiger partial charge is 0.222 e. The molecule has 2 aromatic heterocycles. The second-order valence-corrected chi connectivity index (χ2v) is 9.08. The quantitative estimate of drug-likeness (QED) is 0.483. The number of ether oxygens (including phenoxy) is 1. The van der Waals surface area contributed by atoms with Gasteiger partial charge < -0.3 is 15.4 Å². The second-order valence-electron chi connectivity index (χ2n) is 9.08. The van der Waals surface area contributed by atoms with Gasteiger partial charge in [0.25, 0.3) is 0 Å². The van der Waals surface area contributed by atoms with E-state index in [0.717, 1.165) is 49.8 Å². The maximum Gasteiger partial charge on any atom is 0.222 e. The Morgan fingerprint density at radius 2 is 1.86 bits per heavy atom. The van der Waals surface area contributed by atoms with E-state index in [0.29, 0.717) is 35.8 Å². The fourth-order valence-electron chi connectivity index (χ4n) is 4.42. The predicted octanol–water partition coefficient (Wildman–Crippen LogP) is 2.89. The van der Waals surface area contributed by atoms with Crippen molar-refractivity contribution in [2.45, 2.75) is 40.2 Å². The zero-order valence-corrected chi connectivity index (χ0v) is 21.4. The monoisotopic (exact) mass is 490 g/mol. The molecule has 0 saturated carbocycles. The van der Waals surface area contributed by atoms with Crippen molar-refractivity contribution in [3.8, 4) is 5.75 Å². The van der Waals surface area contributed by atoms with Crippen LogP contribution in [0.3, 0.4) is 0 Å². The number of nitrogens with two attached hydrogens (primary N) is 1. The largest absolute Gasteiger partial charge is 0.497 e. The topological polar surface area (TPSA) is 114 Å². The number of methoxy groups -OCH3 is 1. The molecule has 0 aliphatic carbocycles. The number of allylic oxidation sites excluding steroid dienone is 2. The molecule has 3 heterocycles. The lowest BCUT2D eigenvalue weighted by Crippen LogP contribution is -2.48. The molecule has 3 aromatic rings. The van der Waals surface area contributed by atoms with E-state index in [1.165, 1.54) is 5.56 Å². The first-order chi connectivity index (χ1) is 17.3. The van der Waals surface area contributed by atoms with Gasteiger partial charge in [0.05, 0.1) is 7.11 Å². The number of fused-ring (bicyclic) bond motifs is 1. The number of piperazine rings is 1. The molecule has 0 radical (unpaired) electrons. The Morgan fingerprint density at radius 3 is 2.58 bits per heavy atom. The predicted molar refractivity (Wildman–Crippen MR) is 139 cm³/mol. The third kappa shape index (κ3) is 6.06. The van der Waals surface area contributed by atoms with Crippen LogP contribution in [0.25, 0.3) is 5.65 Å². The molecule has 0 atom stereocenters. The minimum atomic E-state index is 0.141. The van der Waals surface area contributed by atoms with Crippen molar-refractivity contribution in [3.63, 3.8) is 0 Å². The number of aliphatic imine (C=N–C) groups is 1. The number of carbonyl (C=O) groups is 1. The molecule has 0 bridgehead atoms. The fraction of sp³-hybridized carbons (Fsp3) is 0.423. The van der Waals surface area contributed by atoms with Gasteiger partial charge in [-0.05, 0) is 62.6 Å². The molecule has 0 unspecified atom stereocenters. The lowest BCUT2D eigenvalue weighted by molar-refractivity contribution is -0.132. The molecule has 1 aromatic carbocycles. The number of rotatable bonds is 8. The zero-order chi connectivity index (χ0) is 25.7. The standard InChI is InChI=1S/C26H34N8O2/c1-18(27)23(19(2)28-24-9-10-25-30-29-20(3)34(25)31-24)8-11-26(35)33-14-12-32(13-15-33)17-21-6-5-7-22(16-21)36-4/h5-7,9-10,16H,8,11-15,17,27H2,1-4H3. The van der Waals surface area contributed by atoms with Gasteiger partial charge in [-0.25, -0.2) is 4.99 Å². The van der Waals surface area contributed by atoms with Crippen LogP contribution in [0, 0.1) is 6.92 Å². The first kappa shape index (κ1) is 25.3. The Kier molecular flexibility index (Phi) is 7.94. The van der Waals surface area contributed by atoms with Gasteiger partial charge in [0.15, 0.2) is 17.3 Å². The summed E-state index contributed by atoms with van der Waals surface area (Å²) in [6.45, 7) is 9.57. The second kappa shape index (κ2) is 11.3. The number of amides is 1. The maximum atomic E-state index is 13.0. The van der Waals surface area contributed by atoms with Gasteiger partial charge in [-0.2, -0.15) is 4.52 Å². The minimum Gasteiger partial charge on any atom is -0.497 e. The molecule has 36 heavy (non-hydrogen) atoms. The molecule has 10 nitrogen and oxygen atoms in total. The fourth-order valence-corrected chi connectivity index (χ4v) is 4.42. The highest BCUT2D eigenvalue weighted by molar-refractivity contribution is 6.00. The Hall–Kier alpha value is -3.79. The highest BCUT2D eigenvalue weighted by atomic mass is 16.5. The first-order valence-corrected chi connectivity index (χ1v) is 12.2. The molecule has 10 heteroatoms. The van der Waals surface area contributed by atoms with Crippen molar-refractivity contribution < 1.29 is 9.53 Å². The number of carbonyl (C=O) groups excluding carboxylic acids is 1. The summed E-state index contributed by atoms with van der Waals surface area (Å²) in [6.07, 6.45) is 0.929. The van der Waals surface area contributed by atoms with Crippen molar-refractivity contribution in [1.82, 2.24) is 29.6 Å². The highest BCUT2D eigenvalue weighted by Gasteiger charge is 2.22. The van der Waals surface area contributed by atoms with E-state index in [2.05, 4.69) is 37.3 Å². The molecular weight excluding hydrogens is 456 g/mol. The lowest BCUT2D eigenvalue weighted by atomic mass is 10.0. The molecule has 1 amide bonds. The molecule has 1 fully saturated rings. The number of hydrogen-bond acceptors (Lipinski definition) is 8. The van der Waals surface area contributed by atoms with Crippen molar-refractivity contribution >= 4 is 23.1 Å². The number of hydrogen-bond donors (Lipinski definition) is 1. The summed E-state index contributed by atoms with van der Waals surface area (Å²) < 4.78 is 6.98. The van der Waals surface area contributed by atoms with Crippen LogP contribution in [0.2, 0.25) is 0 Å². The van der Waals surface area contributed by atoms with Gasteiger partial charge in [0.2, 0.25) is 5.91 Å². The number of benzene rings is 1.